The Morgan fingerprint density at radius 2 is 1.69 bits per heavy atom. The fourth-order valence-electron chi connectivity index (χ4n) is 5.03. The van der Waals surface area contributed by atoms with Crippen LogP contribution in [-0.4, -0.2) is 71.4 Å². The lowest BCUT2D eigenvalue weighted by atomic mass is 10.1. The van der Waals surface area contributed by atoms with Crippen LogP contribution in [0.4, 0.5) is 10.5 Å². The summed E-state index contributed by atoms with van der Waals surface area (Å²) < 4.78 is 0. The molecule has 0 spiro atoms. The average Bonchev–Trinajstić information content (AvgIpc) is 3.03. The van der Waals surface area contributed by atoms with Crippen LogP contribution in [0, 0.1) is 0 Å². The Morgan fingerprint density at radius 3 is 2.38 bits per heavy atom. The van der Waals surface area contributed by atoms with Crippen molar-refractivity contribution in [2.24, 2.45) is 0 Å². The first-order chi connectivity index (χ1) is 14.2. The largest absolute Gasteiger partial charge is 0.339 e. The summed E-state index contributed by atoms with van der Waals surface area (Å²) in [6, 6.07) is 8.16. The van der Waals surface area contributed by atoms with Crippen molar-refractivity contribution >= 4 is 17.6 Å². The molecule has 4 rings (SSSR count). The zero-order valence-corrected chi connectivity index (χ0v) is 17.6. The van der Waals surface area contributed by atoms with Crippen LogP contribution in [-0.2, 0) is 0 Å². The lowest BCUT2D eigenvalue weighted by molar-refractivity contribution is 0.0761. The molecule has 3 saturated heterocycles. The summed E-state index contributed by atoms with van der Waals surface area (Å²) in [4.78, 5) is 32.2. The van der Waals surface area contributed by atoms with E-state index in [1.165, 1.54) is 32.2 Å². The Balaban J connectivity index is 1.37. The highest BCUT2D eigenvalue weighted by molar-refractivity contribution is 5.95. The van der Waals surface area contributed by atoms with Gasteiger partial charge in [-0.05, 0) is 62.9 Å². The minimum Gasteiger partial charge on any atom is -0.339 e. The van der Waals surface area contributed by atoms with Crippen LogP contribution in [0.15, 0.2) is 24.3 Å². The molecule has 0 aliphatic carbocycles. The van der Waals surface area contributed by atoms with Gasteiger partial charge in [0.25, 0.3) is 5.91 Å². The molecular weight excluding hydrogens is 364 g/mol. The first-order valence-electron chi connectivity index (χ1n) is 11.4. The standard InChI is InChI=1S/C23H34N4O2/c1-2-20-16-26-15-7-8-21(26)17-27(20)23(29)24-19-11-9-18(10-12-19)22(28)25-13-5-3-4-6-14-25/h9-12,20-21H,2-8,13-17H2,1H3,(H,24,29)/t20-,21+/m1/s1. The maximum Gasteiger partial charge on any atom is 0.322 e. The van der Waals surface area contributed by atoms with Gasteiger partial charge in [-0.3, -0.25) is 9.69 Å². The third kappa shape index (κ3) is 4.58. The molecule has 0 unspecified atom stereocenters. The van der Waals surface area contributed by atoms with Gasteiger partial charge in [0.2, 0.25) is 0 Å². The summed E-state index contributed by atoms with van der Waals surface area (Å²) in [5.41, 5.74) is 1.46. The molecule has 3 fully saturated rings. The smallest absolute Gasteiger partial charge is 0.322 e. The van der Waals surface area contributed by atoms with Crippen LogP contribution in [0.25, 0.3) is 0 Å². The van der Waals surface area contributed by atoms with E-state index in [2.05, 4.69) is 17.1 Å². The van der Waals surface area contributed by atoms with Gasteiger partial charge in [-0.25, -0.2) is 4.79 Å². The predicted molar refractivity (Wildman–Crippen MR) is 115 cm³/mol. The Bertz CT molecular complexity index is 712. The monoisotopic (exact) mass is 398 g/mol. The third-order valence-electron chi connectivity index (χ3n) is 6.80. The lowest BCUT2D eigenvalue weighted by Gasteiger charge is -2.43. The van der Waals surface area contributed by atoms with Crippen LogP contribution < -0.4 is 5.32 Å². The number of piperazine rings is 1. The average molecular weight is 399 g/mol. The molecule has 0 bridgehead atoms. The van der Waals surface area contributed by atoms with E-state index in [0.29, 0.717) is 11.6 Å². The normalized spacial score (nSPS) is 25.4. The number of nitrogens with one attached hydrogen (secondary N) is 1. The highest BCUT2D eigenvalue weighted by Crippen LogP contribution is 2.26. The van der Waals surface area contributed by atoms with E-state index < -0.39 is 0 Å². The number of carbonyl (C=O) groups excluding carboxylic acids is 2. The van der Waals surface area contributed by atoms with Crippen LogP contribution in [0.1, 0.15) is 62.2 Å². The molecule has 6 heteroatoms. The van der Waals surface area contributed by atoms with E-state index in [9.17, 15) is 9.59 Å². The second-order valence-corrected chi connectivity index (χ2v) is 8.72. The van der Waals surface area contributed by atoms with Crippen LogP contribution >= 0.6 is 0 Å². The van der Waals surface area contributed by atoms with Crippen molar-refractivity contribution in [1.82, 2.24) is 14.7 Å². The van der Waals surface area contributed by atoms with Gasteiger partial charge in [-0.2, -0.15) is 0 Å². The highest BCUT2D eigenvalue weighted by atomic mass is 16.2. The van der Waals surface area contributed by atoms with Gasteiger partial charge in [-0.1, -0.05) is 19.8 Å². The molecule has 3 aliphatic heterocycles. The molecule has 29 heavy (non-hydrogen) atoms. The number of urea groups is 1. The zero-order valence-electron chi connectivity index (χ0n) is 17.6. The van der Waals surface area contributed by atoms with Crippen molar-refractivity contribution in [1.29, 1.82) is 0 Å². The van der Waals surface area contributed by atoms with E-state index in [4.69, 9.17) is 0 Å². The fraction of sp³-hybridized carbons (Fsp3) is 0.652. The zero-order chi connectivity index (χ0) is 20.2. The predicted octanol–water partition coefficient (Wildman–Crippen LogP) is 3.79. The second-order valence-electron chi connectivity index (χ2n) is 8.72. The SMILES string of the molecule is CC[C@@H]1CN2CCC[C@H]2CN1C(=O)Nc1ccc(C(=O)N2CCCCCC2)cc1. The Kier molecular flexibility index (Phi) is 6.38. The maximum absolute atomic E-state index is 13.0. The van der Waals surface area contributed by atoms with Gasteiger partial charge in [0.1, 0.15) is 0 Å². The Labute approximate surface area is 174 Å². The van der Waals surface area contributed by atoms with E-state index in [-0.39, 0.29) is 18.0 Å². The number of amides is 3. The molecule has 6 nitrogen and oxygen atoms in total. The highest BCUT2D eigenvalue weighted by Gasteiger charge is 2.37. The van der Waals surface area contributed by atoms with E-state index in [1.54, 1.807) is 0 Å². The summed E-state index contributed by atoms with van der Waals surface area (Å²) in [6.07, 6.45) is 8.00. The first-order valence-corrected chi connectivity index (χ1v) is 11.4. The van der Waals surface area contributed by atoms with E-state index >= 15 is 0 Å². The van der Waals surface area contributed by atoms with Crippen LogP contribution in [0.5, 0.6) is 0 Å². The molecule has 0 aromatic heterocycles. The van der Waals surface area contributed by atoms with Crippen molar-refractivity contribution in [3.63, 3.8) is 0 Å². The third-order valence-corrected chi connectivity index (χ3v) is 6.80. The summed E-state index contributed by atoms with van der Waals surface area (Å²) in [5, 5.41) is 3.06. The molecule has 3 aliphatic rings. The van der Waals surface area contributed by atoms with Crippen molar-refractivity contribution < 1.29 is 9.59 Å². The van der Waals surface area contributed by atoms with Gasteiger partial charge < -0.3 is 15.1 Å². The molecule has 1 N–H and O–H groups in total. The summed E-state index contributed by atoms with van der Waals surface area (Å²) in [5.74, 6) is 0.105. The van der Waals surface area contributed by atoms with Gasteiger partial charge in [0.15, 0.2) is 0 Å². The molecule has 1 aromatic carbocycles. The number of benzene rings is 1. The van der Waals surface area contributed by atoms with Crippen molar-refractivity contribution in [2.75, 3.05) is 38.0 Å². The summed E-state index contributed by atoms with van der Waals surface area (Å²) in [7, 11) is 0. The Hall–Kier alpha value is -2.08. The number of carbonyl (C=O) groups is 2. The minimum atomic E-state index is -0.0185. The van der Waals surface area contributed by atoms with Gasteiger partial charge in [0, 0.05) is 49.5 Å². The number of rotatable bonds is 3. The number of hydrogen-bond acceptors (Lipinski definition) is 3. The number of hydrogen-bond donors (Lipinski definition) is 1. The molecule has 3 heterocycles. The maximum atomic E-state index is 13.0. The number of nitrogens with zero attached hydrogens (tertiary/aromatic N) is 3. The molecular formula is C23H34N4O2. The summed E-state index contributed by atoms with van der Waals surface area (Å²) >= 11 is 0. The summed E-state index contributed by atoms with van der Waals surface area (Å²) in [6.45, 7) is 6.83. The molecule has 0 radical (unpaired) electrons. The molecule has 158 valence electrons. The van der Waals surface area contributed by atoms with Crippen LogP contribution in [0.2, 0.25) is 0 Å². The Morgan fingerprint density at radius 1 is 0.966 bits per heavy atom. The van der Waals surface area contributed by atoms with Gasteiger partial charge in [0.05, 0.1) is 0 Å². The van der Waals surface area contributed by atoms with Gasteiger partial charge in [-0.15, -0.1) is 0 Å². The minimum absolute atomic E-state index is 0.0185. The van der Waals surface area contributed by atoms with E-state index in [1.807, 2.05) is 34.1 Å². The number of likely N-dealkylation sites (tertiary alicyclic amines) is 1. The quantitative estimate of drug-likeness (QED) is 0.843. The number of anilines is 1. The van der Waals surface area contributed by atoms with Gasteiger partial charge >= 0.3 is 6.03 Å². The number of fused-ring (bicyclic) bond motifs is 1. The van der Waals surface area contributed by atoms with E-state index in [0.717, 1.165) is 51.1 Å². The lowest BCUT2D eigenvalue weighted by Crippen LogP contribution is -2.58. The molecule has 1 aromatic rings. The second kappa shape index (κ2) is 9.16. The van der Waals surface area contributed by atoms with Crippen molar-refractivity contribution in [2.45, 2.75) is 64.0 Å². The molecule has 2 atom stereocenters. The molecule has 3 amide bonds. The fourth-order valence-corrected chi connectivity index (χ4v) is 5.03. The van der Waals surface area contributed by atoms with Crippen LogP contribution in [0.3, 0.4) is 0 Å². The van der Waals surface area contributed by atoms with Crippen molar-refractivity contribution in [3.8, 4) is 0 Å². The molecule has 0 saturated carbocycles. The first kappa shape index (κ1) is 20.2. The van der Waals surface area contributed by atoms with Crippen molar-refractivity contribution in [3.05, 3.63) is 29.8 Å². The topological polar surface area (TPSA) is 55.9 Å².